The third-order valence-electron chi connectivity index (χ3n) is 6.77. The molecule has 5 aromatic carbocycles. The van der Waals surface area contributed by atoms with Crippen LogP contribution >= 0.6 is 11.3 Å². The van der Waals surface area contributed by atoms with Gasteiger partial charge in [0.05, 0.1) is 15.7 Å². The quantitative estimate of drug-likeness (QED) is 0.236. The van der Waals surface area contributed by atoms with Crippen LogP contribution in [0.25, 0.3) is 64.0 Å². The zero-order valence-corrected chi connectivity index (χ0v) is 19.1. The molecule has 0 aliphatic rings. The fraction of sp³-hybridized carbons (Fsp3) is 0.0323. The van der Waals surface area contributed by atoms with Crippen LogP contribution in [0.2, 0.25) is 0 Å². The first-order chi connectivity index (χ1) is 16.2. The fourth-order valence-corrected chi connectivity index (χ4v) is 6.63. The van der Waals surface area contributed by atoms with Gasteiger partial charge in [0.25, 0.3) is 0 Å². The number of allylic oxidation sites excluding steroid dienone is 1. The van der Waals surface area contributed by atoms with Crippen molar-refractivity contribution in [1.29, 1.82) is 0 Å². The van der Waals surface area contributed by atoms with E-state index in [0.29, 0.717) is 0 Å². The van der Waals surface area contributed by atoms with Crippen molar-refractivity contribution in [2.45, 2.75) is 6.92 Å². The van der Waals surface area contributed by atoms with Gasteiger partial charge in [0.15, 0.2) is 0 Å². The van der Waals surface area contributed by atoms with Gasteiger partial charge in [-0.05, 0) is 46.8 Å². The maximum absolute atomic E-state index is 4.11. The molecule has 0 amide bonds. The van der Waals surface area contributed by atoms with Crippen molar-refractivity contribution in [1.82, 2.24) is 4.57 Å². The van der Waals surface area contributed by atoms with Crippen LogP contribution in [0.5, 0.6) is 0 Å². The summed E-state index contributed by atoms with van der Waals surface area (Å²) in [6, 6.07) is 35.3. The number of para-hydroxylation sites is 1. The first-order valence-electron chi connectivity index (χ1n) is 11.2. The molecule has 0 unspecified atom stereocenters. The Labute approximate surface area is 195 Å². The Morgan fingerprint density at radius 1 is 0.636 bits per heavy atom. The molecule has 2 aromatic heterocycles. The highest BCUT2D eigenvalue weighted by Crippen LogP contribution is 2.48. The van der Waals surface area contributed by atoms with Gasteiger partial charge in [-0.25, -0.2) is 0 Å². The molecule has 0 saturated heterocycles. The summed E-state index contributed by atoms with van der Waals surface area (Å²) in [4.78, 5) is 0. The lowest BCUT2D eigenvalue weighted by Gasteiger charge is -2.11. The van der Waals surface area contributed by atoms with Gasteiger partial charge in [-0.1, -0.05) is 91.0 Å². The molecular weight excluding hydrogens is 418 g/mol. The summed E-state index contributed by atoms with van der Waals surface area (Å²) in [5.74, 6) is 0. The van der Waals surface area contributed by atoms with Gasteiger partial charge in [-0.3, -0.25) is 0 Å². The van der Waals surface area contributed by atoms with Crippen molar-refractivity contribution < 1.29 is 0 Å². The van der Waals surface area contributed by atoms with Crippen LogP contribution in [0.4, 0.5) is 0 Å². The smallest absolute Gasteiger partial charge is 0.0734 e. The standard InChI is InChI=1S/C31H21NS/c1-19(2)20-15-17-21(18-16-20)32-27-14-8-7-13-26(27)31-29(32)28-24-11-5-3-9-22(24)23-10-4-6-12-25(23)30(28)33-31/h3-18H,1H2,2H3. The second kappa shape index (κ2) is 6.81. The van der Waals surface area contributed by atoms with Crippen LogP contribution in [0, 0.1) is 0 Å². The molecule has 0 saturated carbocycles. The maximum Gasteiger partial charge on any atom is 0.0734 e. The van der Waals surface area contributed by atoms with E-state index in [-0.39, 0.29) is 0 Å². The zero-order valence-electron chi connectivity index (χ0n) is 18.3. The lowest BCUT2D eigenvalue weighted by molar-refractivity contribution is 1.19. The SMILES string of the molecule is C=C(C)c1ccc(-n2c3ccccc3c3sc4c5ccccc5c5ccccc5c4c32)cc1. The minimum absolute atomic E-state index is 1.09. The molecule has 7 aromatic rings. The highest BCUT2D eigenvalue weighted by atomic mass is 32.1. The Morgan fingerprint density at radius 3 is 1.91 bits per heavy atom. The molecule has 0 radical (unpaired) electrons. The molecule has 0 bridgehead atoms. The summed E-state index contributed by atoms with van der Waals surface area (Å²) in [5.41, 5.74) is 6.01. The van der Waals surface area contributed by atoms with E-state index in [9.17, 15) is 0 Å². The van der Waals surface area contributed by atoms with Gasteiger partial charge < -0.3 is 4.57 Å². The van der Waals surface area contributed by atoms with E-state index in [0.717, 1.165) is 5.57 Å². The molecule has 0 aliphatic carbocycles. The molecule has 33 heavy (non-hydrogen) atoms. The molecule has 7 rings (SSSR count). The van der Waals surface area contributed by atoms with E-state index in [1.807, 2.05) is 11.3 Å². The van der Waals surface area contributed by atoms with Crippen molar-refractivity contribution in [2.24, 2.45) is 0 Å². The van der Waals surface area contributed by atoms with Gasteiger partial charge in [-0.15, -0.1) is 11.3 Å². The Balaban J connectivity index is 1.74. The summed E-state index contributed by atoms with van der Waals surface area (Å²) < 4.78 is 5.17. The van der Waals surface area contributed by atoms with Crippen molar-refractivity contribution in [3.8, 4) is 5.69 Å². The van der Waals surface area contributed by atoms with Crippen LogP contribution in [-0.2, 0) is 0 Å². The first-order valence-corrected chi connectivity index (χ1v) is 12.1. The monoisotopic (exact) mass is 439 g/mol. The van der Waals surface area contributed by atoms with Gasteiger partial charge in [0, 0.05) is 26.5 Å². The molecule has 2 heterocycles. The molecule has 2 heteroatoms. The molecule has 0 aliphatic heterocycles. The molecule has 0 atom stereocenters. The first kappa shape index (κ1) is 18.7. The number of rotatable bonds is 2. The van der Waals surface area contributed by atoms with Gasteiger partial charge in [0.1, 0.15) is 0 Å². The number of benzene rings is 5. The van der Waals surface area contributed by atoms with Crippen molar-refractivity contribution in [2.75, 3.05) is 0 Å². The van der Waals surface area contributed by atoms with Crippen molar-refractivity contribution >= 4 is 69.7 Å². The summed E-state index contributed by atoms with van der Waals surface area (Å²) >= 11 is 1.92. The Morgan fingerprint density at radius 2 is 1.21 bits per heavy atom. The Kier molecular flexibility index (Phi) is 3.85. The van der Waals surface area contributed by atoms with E-state index in [2.05, 4.69) is 115 Å². The molecule has 1 nitrogen and oxygen atoms in total. The largest absolute Gasteiger partial charge is 0.308 e. The molecular formula is C31H21NS. The van der Waals surface area contributed by atoms with Crippen LogP contribution in [0.1, 0.15) is 12.5 Å². The average molecular weight is 440 g/mol. The maximum atomic E-state index is 4.11. The summed E-state index contributed by atoms with van der Waals surface area (Å²) in [6.45, 7) is 6.17. The predicted octanol–water partition coefficient (Wildman–Crippen LogP) is 9.34. The third kappa shape index (κ3) is 2.53. The van der Waals surface area contributed by atoms with E-state index in [1.54, 1.807) is 0 Å². The van der Waals surface area contributed by atoms with Crippen LogP contribution in [-0.4, -0.2) is 4.57 Å². The number of aromatic nitrogens is 1. The minimum Gasteiger partial charge on any atom is -0.308 e. The molecule has 0 fully saturated rings. The van der Waals surface area contributed by atoms with E-state index in [1.165, 1.54) is 64.0 Å². The van der Waals surface area contributed by atoms with Crippen LogP contribution in [0.15, 0.2) is 104 Å². The van der Waals surface area contributed by atoms with Gasteiger partial charge in [0.2, 0.25) is 0 Å². The lowest BCUT2D eigenvalue weighted by atomic mass is 9.98. The summed E-state index contributed by atoms with van der Waals surface area (Å²) in [5, 5.41) is 7.96. The van der Waals surface area contributed by atoms with Gasteiger partial charge >= 0.3 is 0 Å². The average Bonchev–Trinajstić information content (AvgIpc) is 3.40. The molecule has 0 N–H and O–H groups in total. The highest BCUT2D eigenvalue weighted by Gasteiger charge is 2.21. The van der Waals surface area contributed by atoms with E-state index in [4.69, 9.17) is 0 Å². The molecule has 156 valence electrons. The van der Waals surface area contributed by atoms with E-state index < -0.39 is 0 Å². The summed E-state index contributed by atoms with van der Waals surface area (Å²) in [6.07, 6.45) is 0. The van der Waals surface area contributed by atoms with E-state index >= 15 is 0 Å². The normalized spacial score (nSPS) is 11.9. The second-order valence-corrected chi connectivity index (χ2v) is 9.78. The Bertz CT molecular complexity index is 1880. The topological polar surface area (TPSA) is 4.93 Å². The Hall–Kier alpha value is -3.88. The third-order valence-corrected chi connectivity index (χ3v) is 8.02. The van der Waals surface area contributed by atoms with Crippen molar-refractivity contribution in [3.63, 3.8) is 0 Å². The second-order valence-electron chi connectivity index (χ2n) is 8.75. The lowest BCUT2D eigenvalue weighted by Crippen LogP contribution is -1.94. The highest BCUT2D eigenvalue weighted by molar-refractivity contribution is 7.27. The number of thiophene rings is 1. The zero-order chi connectivity index (χ0) is 22.1. The van der Waals surface area contributed by atoms with Gasteiger partial charge in [-0.2, -0.15) is 0 Å². The number of hydrogen-bond acceptors (Lipinski definition) is 1. The minimum atomic E-state index is 1.09. The number of nitrogens with zero attached hydrogens (tertiary/aromatic N) is 1. The summed E-state index contributed by atoms with van der Waals surface area (Å²) in [7, 11) is 0. The molecule has 0 spiro atoms. The fourth-order valence-electron chi connectivity index (χ4n) is 5.25. The van der Waals surface area contributed by atoms with Crippen LogP contribution < -0.4 is 0 Å². The number of fused-ring (bicyclic) bond motifs is 10. The number of hydrogen-bond donors (Lipinski definition) is 0. The van der Waals surface area contributed by atoms with Crippen LogP contribution in [0.3, 0.4) is 0 Å². The van der Waals surface area contributed by atoms with Crippen molar-refractivity contribution in [3.05, 3.63) is 109 Å². The predicted molar refractivity (Wildman–Crippen MR) is 146 cm³/mol.